The van der Waals surface area contributed by atoms with E-state index in [1.165, 1.54) is 0 Å². The molecule has 4 aromatic rings. The summed E-state index contributed by atoms with van der Waals surface area (Å²) in [4.78, 5) is 37.6. The number of nitrogens with zero attached hydrogens (tertiary/aromatic N) is 3. The number of hydrogen-bond donors (Lipinski definition) is 2. The molecule has 0 aliphatic carbocycles. The number of carbonyl (C=O) groups is 1. The van der Waals surface area contributed by atoms with Crippen molar-refractivity contribution in [1.82, 2.24) is 24.8 Å². The van der Waals surface area contributed by atoms with Gasteiger partial charge >= 0.3 is 0 Å². The molecule has 1 aliphatic rings. The SMILES string of the molecule is Cc1cc(C)c(CNC(=O)c2c(C)n(C(C)C3CCOCC3)c3cc(-c4cnccn4)ccc23)c(=O)[nH]1. The second-order valence-corrected chi connectivity index (χ2v) is 9.97. The first-order valence-electron chi connectivity index (χ1n) is 12.8. The standard InChI is InChI=1S/C29H33N5O3/c1-17-13-18(2)33-28(35)24(17)15-32-29(36)27-20(4)34(19(3)21-7-11-37-12-8-21)26-14-22(5-6-23(26)27)25-16-30-9-10-31-25/h5-6,9-10,13-14,16,19,21H,7-8,11-12,15H2,1-4H3,(H,32,36)(H,33,35). The van der Waals surface area contributed by atoms with Crippen LogP contribution in [-0.4, -0.2) is 38.6 Å². The summed E-state index contributed by atoms with van der Waals surface area (Å²) >= 11 is 0. The van der Waals surface area contributed by atoms with Gasteiger partial charge in [-0.15, -0.1) is 0 Å². The highest BCUT2D eigenvalue weighted by Crippen LogP contribution is 2.37. The first kappa shape index (κ1) is 24.9. The highest BCUT2D eigenvalue weighted by Gasteiger charge is 2.28. The molecule has 4 heterocycles. The van der Waals surface area contributed by atoms with Crippen LogP contribution >= 0.6 is 0 Å². The molecule has 0 bridgehead atoms. The van der Waals surface area contributed by atoms with E-state index in [1.54, 1.807) is 18.6 Å². The van der Waals surface area contributed by atoms with Gasteiger partial charge in [-0.2, -0.15) is 0 Å². The number of aromatic nitrogens is 4. The summed E-state index contributed by atoms with van der Waals surface area (Å²) in [5, 5.41) is 3.90. The van der Waals surface area contributed by atoms with Gasteiger partial charge in [-0.25, -0.2) is 0 Å². The minimum atomic E-state index is -0.188. The van der Waals surface area contributed by atoms with Crippen LogP contribution < -0.4 is 10.9 Å². The molecule has 192 valence electrons. The van der Waals surface area contributed by atoms with Crippen LogP contribution in [0.4, 0.5) is 0 Å². The number of amides is 1. The maximum absolute atomic E-state index is 13.6. The Labute approximate surface area is 216 Å². The minimum absolute atomic E-state index is 0.166. The van der Waals surface area contributed by atoms with Crippen molar-refractivity contribution >= 4 is 16.8 Å². The summed E-state index contributed by atoms with van der Waals surface area (Å²) < 4.78 is 7.90. The third-order valence-corrected chi connectivity index (χ3v) is 7.61. The average Bonchev–Trinajstić information content (AvgIpc) is 3.19. The number of hydrogen-bond acceptors (Lipinski definition) is 5. The van der Waals surface area contributed by atoms with Gasteiger partial charge in [0.25, 0.3) is 11.5 Å². The van der Waals surface area contributed by atoms with Gasteiger partial charge < -0.3 is 19.6 Å². The molecule has 8 heteroatoms. The number of H-pyrrole nitrogens is 1. The van der Waals surface area contributed by atoms with Crippen molar-refractivity contribution in [2.45, 2.75) is 53.1 Å². The predicted octanol–water partition coefficient (Wildman–Crippen LogP) is 4.63. The van der Waals surface area contributed by atoms with Gasteiger partial charge in [-0.3, -0.25) is 19.6 Å². The predicted molar refractivity (Wildman–Crippen MR) is 144 cm³/mol. The van der Waals surface area contributed by atoms with E-state index in [2.05, 4.69) is 37.8 Å². The number of carbonyl (C=O) groups excluding carboxylic acids is 1. The van der Waals surface area contributed by atoms with Crippen molar-refractivity contribution in [3.8, 4) is 11.3 Å². The summed E-state index contributed by atoms with van der Waals surface area (Å²) in [6.07, 6.45) is 7.06. The molecule has 37 heavy (non-hydrogen) atoms. The number of fused-ring (bicyclic) bond motifs is 1. The fourth-order valence-corrected chi connectivity index (χ4v) is 5.62. The van der Waals surface area contributed by atoms with Crippen LogP contribution in [0.5, 0.6) is 0 Å². The largest absolute Gasteiger partial charge is 0.381 e. The average molecular weight is 500 g/mol. The van der Waals surface area contributed by atoms with E-state index in [1.807, 2.05) is 39.0 Å². The van der Waals surface area contributed by atoms with Crippen molar-refractivity contribution in [3.63, 3.8) is 0 Å². The number of benzene rings is 1. The summed E-state index contributed by atoms with van der Waals surface area (Å²) in [5.41, 5.74) is 6.35. The highest BCUT2D eigenvalue weighted by molar-refractivity contribution is 6.09. The van der Waals surface area contributed by atoms with Crippen LogP contribution in [0.25, 0.3) is 22.2 Å². The van der Waals surface area contributed by atoms with Crippen molar-refractivity contribution in [3.05, 3.63) is 81.3 Å². The fraction of sp³-hybridized carbons (Fsp3) is 0.379. The Kier molecular flexibility index (Phi) is 6.93. The number of aryl methyl sites for hydroxylation is 2. The van der Waals surface area contributed by atoms with Gasteiger partial charge in [0.05, 0.1) is 17.5 Å². The lowest BCUT2D eigenvalue weighted by Crippen LogP contribution is -2.28. The van der Waals surface area contributed by atoms with Crippen LogP contribution in [0.2, 0.25) is 0 Å². The molecule has 1 amide bonds. The number of aromatic amines is 1. The zero-order chi connectivity index (χ0) is 26.1. The van der Waals surface area contributed by atoms with Crippen LogP contribution in [0.3, 0.4) is 0 Å². The van der Waals surface area contributed by atoms with Crippen molar-refractivity contribution in [1.29, 1.82) is 0 Å². The summed E-state index contributed by atoms with van der Waals surface area (Å²) in [5.74, 6) is 0.264. The van der Waals surface area contributed by atoms with E-state index in [4.69, 9.17) is 4.74 Å². The van der Waals surface area contributed by atoms with Crippen LogP contribution in [0.1, 0.15) is 58.7 Å². The van der Waals surface area contributed by atoms with E-state index in [9.17, 15) is 9.59 Å². The molecule has 1 aromatic carbocycles. The third kappa shape index (κ3) is 4.81. The lowest BCUT2D eigenvalue weighted by Gasteiger charge is -2.30. The quantitative estimate of drug-likeness (QED) is 0.403. The maximum Gasteiger partial charge on any atom is 0.254 e. The number of rotatable bonds is 6. The monoisotopic (exact) mass is 499 g/mol. The third-order valence-electron chi connectivity index (χ3n) is 7.61. The van der Waals surface area contributed by atoms with Gasteiger partial charge in [0, 0.05) is 71.6 Å². The molecule has 0 spiro atoms. The van der Waals surface area contributed by atoms with E-state index < -0.39 is 0 Å². The molecule has 0 saturated carbocycles. The molecule has 1 atom stereocenters. The Hall–Kier alpha value is -3.78. The first-order valence-corrected chi connectivity index (χ1v) is 12.8. The summed E-state index contributed by atoms with van der Waals surface area (Å²) in [6.45, 7) is 9.67. The first-order chi connectivity index (χ1) is 17.8. The second kappa shape index (κ2) is 10.3. The minimum Gasteiger partial charge on any atom is -0.381 e. The van der Waals surface area contributed by atoms with Gasteiger partial charge in [0.2, 0.25) is 0 Å². The zero-order valence-electron chi connectivity index (χ0n) is 21.8. The smallest absolute Gasteiger partial charge is 0.254 e. The van der Waals surface area contributed by atoms with Crippen LogP contribution in [0.15, 0.2) is 47.7 Å². The molecule has 1 unspecified atom stereocenters. The lowest BCUT2D eigenvalue weighted by atomic mass is 9.92. The van der Waals surface area contributed by atoms with Gasteiger partial charge in [0.15, 0.2) is 0 Å². The van der Waals surface area contributed by atoms with Gasteiger partial charge in [-0.05, 0) is 64.2 Å². The van der Waals surface area contributed by atoms with Crippen molar-refractivity contribution in [2.24, 2.45) is 5.92 Å². The molecule has 1 fully saturated rings. The summed E-state index contributed by atoms with van der Waals surface area (Å²) in [6, 6.07) is 8.20. The summed E-state index contributed by atoms with van der Waals surface area (Å²) in [7, 11) is 0. The molecule has 2 N–H and O–H groups in total. The van der Waals surface area contributed by atoms with Gasteiger partial charge in [0.1, 0.15) is 0 Å². The normalized spacial score (nSPS) is 15.1. The Morgan fingerprint density at radius 2 is 1.97 bits per heavy atom. The molecule has 1 aliphatic heterocycles. The molecule has 8 nitrogen and oxygen atoms in total. The van der Waals surface area contributed by atoms with E-state index in [0.717, 1.165) is 65.2 Å². The zero-order valence-corrected chi connectivity index (χ0v) is 21.8. The highest BCUT2D eigenvalue weighted by atomic mass is 16.5. The molecular weight excluding hydrogens is 466 g/mol. The maximum atomic E-state index is 13.6. The second-order valence-electron chi connectivity index (χ2n) is 9.97. The Morgan fingerprint density at radius 1 is 1.19 bits per heavy atom. The molecule has 1 saturated heterocycles. The molecular formula is C29H33N5O3. The van der Waals surface area contributed by atoms with E-state index in [-0.39, 0.29) is 24.1 Å². The van der Waals surface area contributed by atoms with E-state index in [0.29, 0.717) is 17.0 Å². The van der Waals surface area contributed by atoms with Crippen molar-refractivity contribution < 1.29 is 9.53 Å². The molecule has 5 rings (SSSR count). The fourth-order valence-electron chi connectivity index (χ4n) is 5.62. The van der Waals surface area contributed by atoms with Crippen LogP contribution in [-0.2, 0) is 11.3 Å². The molecule has 3 aromatic heterocycles. The Morgan fingerprint density at radius 3 is 2.68 bits per heavy atom. The molecule has 0 radical (unpaired) electrons. The Balaban J connectivity index is 1.57. The number of nitrogens with one attached hydrogen (secondary N) is 2. The lowest BCUT2D eigenvalue weighted by molar-refractivity contribution is 0.0517. The van der Waals surface area contributed by atoms with Crippen LogP contribution in [0, 0.1) is 26.7 Å². The van der Waals surface area contributed by atoms with Crippen molar-refractivity contribution in [2.75, 3.05) is 13.2 Å². The topological polar surface area (TPSA) is 102 Å². The number of ether oxygens (including phenoxy) is 1. The number of pyridine rings is 1. The van der Waals surface area contributed by atoms with E-state index >= 15 is 0 Å². The Bertz CT molecular complexity index is 1500. The van der Waals surface area contributed by atoms with Gasteiger partial charge in [-0.1, -0.05) is 12.1 Å².